The van der Waals surface area contributed by atoms with E-state index in [-0.39, 0.29) is 4.90 Å². The van der Waals surface area contributed by atoms with Crippen molar-refractivity contribution >= 4 is 27.5 Å². The van der Waals surface area contributed by atoms with Crippen molar-refractivity contribution in [3.63, 3.8) is 0 Å². The van der Waals surface area contributed by atoms with Gasteiger partial charge in [-0.3, -0.25) is 0 Å². The van der Waals surface area contributed by atoms with Crippen LogP contribution in [0.25, 0.3) is 0 Å². The number of aryl methyl sites for hydroxylation is 1. The molecule has 0 radical (unpaired) electrons. The summed E-state index contributed by atoms with van der Waals surface area (Å²) in [6.45, 7) is 4.16. The summed E-state index contributed by atoms with van der Waals surface area (Å²) >= 11 is 5.95. The molecule has 0 saturated carbocycles. The fourth-order valence-corrected chi connectivity index (χ4v) is 3.70. The molecular weight excluding hydrogens is 360 g/mol. The van der Waals surface area contributed by atoms with Gasteiger partial charge in [-0.15, -0.1) is 4.40 Å². The third-order valence-corrected chi connectivity index (χ3v) is 5.47. The number of benzene rings is 2. The molecule has 0 spiro atoms. The summed E-state index contributed by atoms with van der Waals surface area (Å²) in [5, 5.41) is 0.589. The molecule has 1 aliphatic rings. The molecule has 0 unspecified atom stereocenters. The Morgan fingerprint density at radius 1 is 1.04 bits per heavy atom. The summed E-state index contributed by atoms with van der Waals surface area (Å²) in [6.07, 6.45) is 0. The summed E-state index contributed by atoms with van der Waals surface area (Å²) in [4.78, 5) is 2.11. The molecule has 1 heterocycles. The summed E-state index contributed by atoms with van der Waals surface area (Å²) in [7, 11) is -3.81. The lowest BCUT2D eigenvalue weighted by atomic mass is 10.2. The van der Waals surface area contributed by atoms with Crippen molar-refractivity contribution in [2.75, 3.05) is 26.3 Å². The monoisotopic (exact) mass is 378 g/mol. The summed E-state index contributed by atoms with van der Waals surface area (Å²) in [5.41, 5.74) is 1.70. The zero-order valence-electron chi connectivity index (χ0n) is 13.9. The molecule has 2 aromatic rings. The summed E-state index contributed by atoms with van der Waals surface area (Å²) in [6, 6.07) is 13.7. The number of halogens is 1. The fourth-order valence-electron chi connectivity index (χ4n) is 2.54. The van der Waals surface area contributed by atoms with Gasteiger partial charge < -0.3 is 9.64 Å². The summed E-state index contributed by atoms with van der Waals surface area (Å²) in [5.74, 6) is 0.417. The van der Waals surface area contributed by atoms with Gasteiger partial charge >= 0.3 is 0 Å². The van der Waals surface area contributed by atoms with Crippen LogP contribution in [0.5, 0.6) is 0 Å². The molecule has 5 nitrogen and oxygen atoms in total. The van der Waals surface area contributed by atoms with E-state index in [1.54, 1.807) is 48.5 Å². The molecule has 0 aliphatic carbocycles. The Labute approximate surface area is 153 Å². The quantitative estimate of drug-likeness (QED) is 0.608. The van der Waals surface area contributed by atoms with Crippen LogP contribution in [0.2, 0.25) is 5.02 Å². The van der Waals surface area contributed by atoms with Crippen LogP contribution in [-0.2, 0) is 14.8 Å². The summed E-state index contributed by atoms with van der Waals surface area (Å²) < 4.78 is 35.0. The number of hydrogen-bond acceptors (Lipinski definition) is 3. The molecule has 0 amide bonds. The highest BCUT2D eigenvalue weighted by atomic mass is 35.5. The second-order valence-electron chi connectivity index (χ2n) is 5.81. The maximum absolute atomic E-state index is 12.8. The van der Waals surface area contributed by atoms with Gasteiger partial charge in [0.15, 0.2) is 0 Å². The largest absolute Gasteiger partial charge is 0.378 e. The molecule has 3 rings (SSSR count). The first-order chi connectivity index (χ1) is 12.0. The first-order valence-corrected chi connectivity index (χ1v) is 9.78. The highest BCUT2D eigenvalue weighted by molar-refractivity contribution is 7.90. The van der Waals surface area contributed by atoms with E-state index in [0.717, 1.165) is 5.56 Å². The van der Waals surface area contributed by atoms with Crippen LogP contribution in [0.15, 0.2) is 57.8 Å². The zero-order chi connectivity index (χ0) is 17.9. The molecule has 2 aromatic carbocycles. The highest BCUT2D eigenvalue weighted by Gasteiger charge is 2.21. The number of ether oxygens (including phenoxy) is 1. The lowest BCUT2D eigenvalue weighted by molar-refractivity contribution is 0.0683. The van der Waals surface area contributed by atoms with Crippen molar-refractivity contribution in [3.8, 4) is 0 Å². The second kappa shape index (κ2) is 7.56. The number of sulfonamides is 1. The van der Waals surface area contributed by atoms with Crippen LogP contribution in [0.1, 0.15) is 11.1 Å². The van der Waals surface area contributed by atoms with Crippen molar-refractivity contribution in [2.45, 2.75) is 11.8 Å². The number of hydrogen-bond donors (Lipinski definition) is 0. The molecule has 0 bridgehead atoms. The van der Waals surface area contributed by atoms with E-state index in [9.17, 15) is 8.42 Å². The van der Waals surface area contributed by atoms with Gasteiger partial charge in [0.1, 0.15) is 5.84 Å². The van der Waals surface area contributed by atoms with Gasteiger partial charge in [-0.2, -0.15) is 8.42 Å². The third-order valence-electron chi connectivity index (χ3n) is 3.94. The average molecular weight is 379 g/mol. The SMILES string of the molecule is Cc1ccc(S(=O)(=O)N=C(c2ccc(Cl)cc2)N2CCOCC2)cc1. The van der Waals surface area contributed by atoms with E-state index in [2.05, 4.69) is 4.40 Å². The predicted octanol–water partition coefficient (Wildman–Crippen LogP) is 3.12. The number of amidine groups is 1. The molecule has 25 heavy (non-hydrogen) atoms. The maximum atomic E-state index is 12.8. The van der Waals surface area contributed by atoms with Crippen LogP contribution < -0.4 is 0 Å². The minimum Gasteiger partial charge on any atom is -0.378 e. The van der Waals surface area contributed by atoms with Crippen molar-refractivity contribution in [1.82, 2.24) is 4.90 Å². The van der Waals surface area contributed by atoms with Gasteiger partial charge in [0, 0.05) is 23.7 Å². The fraction of sp³-hybridized carbons (Fsp3) is 0.278. The van der Waals surface area contributed by atoms with Gasteiger partial charge in [-0.05, 0) is 43.3 Å². The molecule has 1 fully saturated rings. The number of morpholine rings is 1. The Hall–Kier alpha value is -1.89. The van der Waals surface area contributed by atoms with E-state index in [1.807, 2.05) is 11.8 Å². The van der Waals surface area contributed by atoms with Crippen molar-refractivity contribution in [3.05, 3.63) is 64.7 Å². The molecule has 1 aliphatic heterocycles. The van der Waals surface area contributed by atoms with Crippen molar-refractivity contribution < 1.29 is 13.2 Å². The topological polar surface area (TPSA) is 59.0 Å². The van der Waals surface area contributed by atoms with Crippen molar-refractivity contribution in [2.24, 2.45) is 4.40 Å². The molecule has 0 aromatic heterocycles. The lowest BCUT2D eigenvalue weighted by Gasteiger charge is -2.29. The van der Waals surface area contributed by atoms with E-state index in [0.29, 0.717) is 42.7 Å². The standard InChI is InChI=1S/C18H19ClN2O3S/c1-14-2-8-17(9-3-14)25(22,23)20-18(21-10-12-24-13-11-21)15-4-6-16(19)7-5-15/h2-9H,10-13H2,1H3. The molecule has 132 valence electrons. The molecule has 0 N–H and O–H groups in total. The smallest absolute Gasteiger partial charge is 0.284 e. The minimum absolute atomic E-state index is 0.179. The minimum atomic E-state index is -3.81. The predicted molar refractivity (Wildman–Crippen MR) is 98.7 cm³/mol. The lowest BCUT2D eigenvalue weighted by Crippen LogP contribution is -2.41. The molecular formula is C18H19ClN2O3S. The Morgan fingerprint density at radius 3 is 2.24 bits per heavy atom. The Balaban J connectivity index is 2.04. The van der Waals surface area contributed by atoms with Gasteiger partial charge in [0.2, 0.25) is 0 Å². The van der Waals surface area contributed by atoms with Crippen LogP contribution in [-0.4, -0.2) is 45.5 Å². The Kier molecular flexibility index (Phi) is 5.42. The van der Waals surface area contributed by atoms with Crippen LogP contribution >= 0.6 is 11.6 Å². The first kappa shape index (κ1) is 17.9. The Morgan fingerprint density at radius 2 is 1.64 bits per heavy atom. The highest BCUT2D eigenvalue weighted by Crippen LogP contribution is 2.18. The van der Waals surface area contributed by atoms with Crippen molar-refractivity contribution in [1.29, 1.82) is 0 Å². The van der Waals surface area contributed by atoms with Crippen LogP contribution in [0.3, 0.4) is 0 Å². The van der Waals surface area contributed by atoms with Crippen LogP contribution in [0.4, 0.5) is 0 Å². The Bertz CT molecular complexity index is 856. The number of nitrogens with zero attached hydrogens (tertiary/aromatic N) is 2. The van der Waals surface area contributed by atoms with E-state index in [4.69, 9.17) is 16.3 Å². The normalized spacial score (nSPS) is 16.1. The van der Waals surface area contributed by atoms with Gasteiger partial charge in [0.25, 0.3) is 10.0 Å². The second-order valence-corrected chi connectivity index (χ2v) is 7.85. The van der Waals surface area contributed by atoms with Gasteiger partial charge in [-0.1, -0.05) is 29.3 Å². The van der Waals surface area contributed by atoms with E-state index in [1.165, 1.54) is 0 Å². The van der Waals surface area contributed by atoms with Gasteiger partial charge in [-0.25, -0.2) is 0 Å². The average Bonchev–Trinajstić information content (AvgIpc) is 2.62. The molecule has 7 heteroatoms. The molecule has 1 saturated heterocycles. The van der Waals surface area contributed by atoms with Gasteiger partial charge in [0.05, 0.1) is 18.1 Å². The number of rotatable bonds is 3. The van der Waals surface area contributed by atoms with Crippen LogP contribution in [0, 0.1) is 6.92 Å². The third kappa shape index (κ3) is 4.39. The molecule has 0 atom stereocenters. The maximum Gasteiger partial charge on any atom is 0.284 e. The zero-order valence-corrected chi connectivity index (χ0v) is 15.4. The van der Waals surface area contributed by atoms with E-state index >= 15 is 0 Å². The van der Waals surface area contributed by atoms with E-state index < -0.39 is 10.0 Å². The first-order valence-electron chi connectivity index (χ1n) is 7.96.